The molecule has 0 unspecified atom stereocenters. The number of hydrogen-bond acceptors (Lipinski definition) is 3. The quantitative estimate of drug-likeness (QED) is 0.484. The molecule has 0 N–H and O–H groups in total. The van der Waals surface area contributed by atoms with Gasteiger partial charge in [-0.1, -0.05) is 12.1 Å². The molecule has 6 nitrogen and oxygen atoms in total. The van der Waals surface area contributed by atoms with E-state index in [2.05, 4.69) is 36.6 Å². The Labute approximate surface area is 188 Å². The molecule has 0 atom stereocenters. The number of benzene rings is 2. The predicted molar refractivity (Wildman–Crippen MR) is 127 cm³/mol. The maximum absolute atomic E-state index is 13.3. The highest BCUT2D eigenvalue weighted by Crippen LogP contribution is 2.32. The fourth-order valence-corrected chi connectivity index (χ4v) is 4.22. The molecule has 0 fully saturated rings. The summed E-state index contributed by atoms with van der Waals surface area (Å²) in [6.07, 6.45) is 4.06. The van der Waals surface area contributed by atoms with Crippen molar-refractivity contribution in [3.05, 3.63) is 94.9 Å². The molecule has 32 heavy (non-hydrogen) atoms. The lowest BCUT2D eigenvalue weighted by Gasteiger charge is -2.19. The van der Waals surface area contributed by atoms with Crippen LogP contribution in [-0.2, 0) is 13.1 Å². The van der Waals surface area contributed by atoms with Gasteiger partial charge in [-0.3, -0.25) is 4.79 Å². The van der Waals surface area contributed by atoms with E-state index in [1.54, 1.807) is 0 Å². The number of hydrogen-bond donors (Lipinski definition) is 0. The molecule has 5 rings (SSSR count). The van der Waals surface area contributed by atoms with Crippen molar-refractivity contribution < 1.29 is 4.79 Å². The van der Waals surface area contributed by atoms with E-state index in [0.29, 0.717) is 18.7 Å². The fourth-order valence-electron chi connectivity index (χ4n) is 4.22. The molecular weight excluding hydrogens is 398 g/mol. The highest BCUT2D eigenvalue weighted by molar-refractivity contribution is 5.95. The van der Waals surface area contributed by atoms with Gasteiger partial charge in [0.2, 0.25) is 0 Å². The summed E-state index contributed by atoms with van der Waals surface area (Å²) in [6, 6.07) is 18.2. The molecule has 0 saturated heterocycles. The van der Waals surface area contributed by atoms with Crippen LogP contribution in [0.3, 0.4) is 0 Å². The minimum atomic E-state index is 0.0305. The van der Waals surface area contributed by atoms with Gasteiger partial charge in [-0.15, -0.1) is 0 Å². The molecule has 0 radical (unpaired) electrons. The van der Waals surface area contributed by atoms with Crippen LogP contribution in [0.25, 0.3) is 11.5 Å². The van der Waals surface area contributed by atoms with Gasteiger partial charge < -0.3 is 14.4 Å². The number of aromatic nitrogens is 3. The zero-order chi connectivity index (χ0) is 22.4. The van der Waals surface area contributed by atoms with Crippen molar-refractivity contribution in [1.29, 1.82) is 0 Å². The van der Waals surface area contributed by atoms with Crippen molar-refractivity contribution in [2.24, 2.45) is 0 Å². The maximum Gasteiger partial charge on any atom is 0.254 e. The summed E-state index contributed by atoms with van der Waals surface area (Å²) in [7, 11) is 3.96. The van der Waals surface area contributed by atoms with Gasteiger partial charge in [-0.25, -0.2) is 4.68 Å². The third kappa shape index (κ3) is 3.38. The lowest BCUT2D eigenvalue weighted by Crippen LogP contribution is -2.26. The van der Waals surface area contributed by atoms with Crippen molar-refractivity contribution in [2.45, 2.75) is 26.9 Å². The number of carbonyl (C=O) groups is 1. The van der Waals surface area contributed by atoms with Gasteiger partial charge in [-0.05, 0) is 67.4 Å². The van der Waals surface area contributed by atoms with E-state index in [9.17, 15) is 4.79 Å². The normalized spacial score (nSPS) is 12.8. The molecule has 2 aromatic heterocycles. The van der Waals surface area contributed by atoms with Crippen molar-refractivity contribution in [2.75, 3.05) is 19.0 Å². The number of amides is 1. The van der Waals surface area contributed by atoms with Crippen LogP contribution in [0.2, 0.25) is 0 Å². The predicted octanol–water partition coefficient (Wildman–Crippen LogP) is 4.50. The van der Waals surface area contributed by atoms with Crippen LogP contribution in [0, 0.1) is 13.8 Å². The number of nitrogens with zero attached hydrogens (tertiary/aromatic N) is 5. The molecule has 6 heteroatoms. The van der Waals surface area contributed by atoms with Gasteiger partial charge in [-0.2, -0.15) is 5.10 Å². The first-order valence-electron chi connectivity index (χ1n) is 10.8. The zero-order valence-electron chi connectivity index (χ0n) is 18.9. The number of carbonyl (C=O) groups excluding carboxylic acids is 1. The van der Waals surface area contributed by atoms with Gasteiger partial charge in [0.1, 0.15) is 5.82 Å². The van der Waals surface area contributed by atoms with E-state index in [1.807, 2.05) is 77.4 Å². The maximum atomic E-state index is 13.3. The van der Waals surface area contributed by atoms with E-state index in [1.165, 1.54) is 11.1 Å². The molecule has 0 aliphatic carbocycles. The average Bonchev–Trinajstić information content (AvgIpc) is 3.51. The fraction of sp³-hybridized carbons (Fsp3) is 0.231. The SMILES string of the molecule is Cc1ccc(-n2nc3c(c2-n2cccc2)CN(C(=O)c2cccc(N(C)C)c2)C3)cc1C. The summed E-state index contributed by atoms with van der Waals surface area (Å²) in [4.78, 5) is 17.2. The highest BCUT2D eigenvalue weighted by atomic mass is 16.2. The second-order valence-electron chi connectivity index (χ2n) is 8.63. The van der Waals surface area contributed by atoms with Crippen molar-refractivity contribution in [3.63, 3.8) is 0 Å². The Bertz CT molecular complexity index is 1300. The molecule has 0 bridgehead atoms. The number of anilines is 1. The Morgan fingerprint density at radius 2 is 1.72 bits per heavy atom. The van der Waals surface area contributed by atoms with Crippen LogP contribution >= 0.6 is 0 Å². The molecule has 4 aromatic rings. The summed E-state index contributed by atoms with van der Waals surface area (Å²) in [5.74, 6) is 1.02. The van der Waals surface area contributed by atoms with Gasteiger partial charge >= 0.3 is 0 Å². The Hall–Kier alpha value is -3.80. The smallest absolute Gasteiger partial charge is 0.254 e. The number of aryl methyl sites for hydroxylation is 2. The Balaban J connectivity index is 1.52. The first-order valence-corrected chi connectivity index (χ1v) is 10.8. The molecule has 162 valence electrons. The lowest BCUT2D eigenvalue weighted by molar-refractivity contribution is 0.0749. The molecule has 3 heterocycles. The van der Waals surface area contributed by atoms with Crippen molar-refractivity contribution >= 4 is 11.6 Å². The second-order valence-corrected chi connectivity index (χ2v) is 8.63. The number of rotatable bonds is 4. The van der Waals surface area contributed by atoms with Gasteiger partial charge in [0.25, 0.3) is 5.91 Å². The Kier molecular flexibility index (Phi) is 4.85. The molecule has 1 aliphatic rings. The minimum absolute atomic E-state index is 0.0305. The van der Waals surface area contributed by atoms with E-state index >= 15 is 0 Å². The van der Waals surface area contributed by atoms with Crippen LogP contribution in [0.4, 0.5) is 5.69 Å². The van der Waals surface area contributed by atoms with Gasteiger partial charge in [0.05, 0.1) is 24.5 Å². The van der Waals surface area contributed by atoms with E-state index in [0.717, 1.165) is 28.5 Å². The molecule has 0 spiro atoms. The molecule has 0 saturated carbocycles. The first-order chi connectivity index (χ1) is 15.4. The third-order valence-electron chi connectivity index (χ3n) is 6.21. The minimum Gasteiger partial charge on any atom is -0.378 e. The molecule has 1 aliphatic heterocycles. The first kappa shape index (κ1) is 20.1. The largest absolute Gasteiger partial charge is 0.378 e. The van der Waals surface area contributed by atoms with E-state index < -0.39 is 0 Å². The molecule has 2 aromatic carbocycles. The summed E-state index contributed by atoms with van der Waals surface area (Å²) < 4.78 is 4.09. The Morgan fingerprint density at radius 1 is 0.938 bits per heavy atom. The van der Waals surface area contributed by atoms with E-state index in [-0.39, 0.29) is 5.91 Å². The van der Waals surface area contributed by atoms with Crippen LogP contribution < -0.4 is 4.90 Å². The van der Waals surface area contributed by atoms with E-state index in [4.69, 9.17) is 5.10 Å². The topological polar surface area (TPSA) is 46.3 Å². The third-order valence-corrected chi connectivity index (χ3v) is 6.21. The monoisotopic (exact) mass is 425 g/mol. The van der Waals surface area contributed by atoms with Crippen molar-refractivity contribution in [3.8, 4) is 11.5 Å². The highest BCUT2D eigenvalue weighted by Gasteiger charge is 2.32. The Morgan fingerprint density at radius 3 is 2.44 bits per heavy atom. The summed E-state index contributed by atoms with van der Waals surface area (Å²) in [5.41, 5.74) is 7.27. The zero-order valence-corrected chi connectivity index (χ0v) is 18.9. The summed E-state index contributed by atoms with van der Waals surface area (Å²) >= 11 is 0. The van der Waals surface area contributed by atoms with Crippen molar-refractivity contribution in [1.82, 2.24) is 19.2 Å². The summed E-state index contributed by atoms with van der Waals surface area (Å²) in [6.45, 7) is 5.28. The van der Waals surface area contributed by atoms with Crippen LogP contribution in [0.1, 0.15) is 32.7 Å². The average molecular weight is 426 g/mol. The summed E-state index contributed by atoms with van der Waals surface area (Å²) in [5, 5.41) is 4.95. The van der Waals surface area contributed by atoms with Crippen LogP contribution in [0.15, 0.2) is 67.0 Å². The van der Waals surface area contributed by atoms with Gasteiger partial charge in [0.15, 0.2) is 0 Å². The van der Waals surface area contributed by atoms with Crippen LogP contribution in [0.5, 0.6) is 0 Å². The molecular formula is C26H27N5O. The lowest BCUT2D eigenvalue weighted by atomic mass is 10.1. The standard InChI is InChI=1S/C26H27N5O/c1-18-10-11-22(14-19(18)2)31-25(29-12-5-6-13-29)23-16-30(17-24(23)27-31)26(32)20-8-7-9-21(15-20)28(3)4/h5-15H,16-17H2,1-4H3. The van der Waals surface area contributed by atoms with Crippen LogP contribution in [-0.4, -0.2) is 39.3 Å². The van der Waals surface area contributed by atoms with Gasteiger partial charge in [0, 0.05) is 43.3 Å². The molecule has 1 amide bonds. The second kappa shape index (κ2) is 7.71. The number of fused-ring (bicyclic) bond motifs is 1.